The van der Waals surface area contributed by atoms with Crippen molar-refractivity contribution >= 4 is 5.97 Å². The first-order valence-corrected chi connectivity index (χ1v) is 7.27. The van der Waals surface area contributed by atoms with Gasteiger partial charge in [-0.15, -0.1) is 0 Å². The molecule has 3 nitrogen and oxygen atoms in total. The zero-order valence-corrected chi connectivity index (χ0v) is 12.3. The maximum Gasteiger partial charge on any atom is 0.304 e. The SMILES string of the molecule is CCCN(CCC)C(CC(=O)O)Cc1ccc(F)cc1. The zero-order valence-electron chi connectivity index (χ0n) is 12.3. The smallest absolute Gasteiger partial charge is 0.304 e. The van der Waals surface area contributed by atoms with Crippen molar-refractivity contribution in [2.75, 3.05) is 13.1 Å². The van der Waals surface area contributed by atoms with E-state index in [1.807, 2.05) is 0 Å². The minimum Gasteiger partial charge on any atom is -0.481 e. The molecule has 0 aromatic heterocycles. The Morgan fingerprint density at radius 1 is 1.20 bits per heavy atom. The van der Waals surface area contributed by atoms with E-state index in [9.17, 15) is 9.18 Å². The molecule has 0 heterocycles. The van der Waals surface area contributed by atoms with E-state index < -0.39 is 5.97 Å². The summed E-state index contributed by atoms with van der Waals surface area (Å²) in [5.41, 5.74) is 0.981. The molecule has 1 unspecified atom stereocenters. The van der Waals surface area contributed by atoms with E-state index in [0.717, 1.165) is 31.5 Å². The molecule has 0 saturated carbocycles. The summed E-state index contributed by atoms with van der Waals surface area (Å²) in [6, 6.07) is 6.30. The monoisotopic (exact) mass is 281 g/mol. The number of rotatable bonds is 9. The molecule has 1 aromatic carbocycles. The van der Waals surface area contributed by atoms with E-state index >= 15 is 0 Å². The first kappa shape index (κ1) is 16.6. The molecule has 20 heavy (non-hydrogen) atoms. The first-order chi connectivity index (χ1) is 9.56. The first-order valence-electron chi connectivity index (χ1n) is 7.27. The van der Waals surface area contributed by atoms with Crippen LogP contribution in [0, 0.1) is 5.82 Å². The highest BCUT2D eigenvalue weighted by Crippen LogP contribution is 2.14. The normalized spacial score (nSPS) is 12.6. The quantitative estimate of drug-likeness (QED) is 0.754. The lowest BCUT2D eigenvalue weighted by Crippen LogP contribution is -2.39. The van der Waals surface area contributed by atoms with Crippen LogP contribution in [0.15, 0.2) is 24.3 Å². The van der Waals surface area contributed by atoms with Crippen molar-refractivity contribution in [3.8, 4) is 0 Å². The molecule has 0 radical (unpaired) electrons. The van der Waals surface area contributed by atoms with Gasteiger partial charge in [0.1, 0.15) is 5.82 Å². The van der Waals surface area contributed by atoms with E-state index in [2.05, 4.69) is 18.7 Å². The summed E-state index contributed by atoms with van der Waals surface area (Å²) in [5.74, 6) is -1.04. The maximum atomic E-state index is 12.9. The standard InChI is InChI=1S/C16H24FNO2/c1-3-9-18(10-4-2)15(12-16(19)20)11-13-5-7-14(17)8-6-13/h5-8,15H,3-4,9-12H2,1-2H3,(H,19,20). The Morgan fingerprint density at radius 2 is 1.75 bits per heavy atom. The Bertz CT molecular complexity index is 399. The molecule has 4 heteroatoms. The number of halogens is 1. The molecule has 0 aliphatic carbocycles. The molecule has 1 rings (SSSR count). The van der Waals surface area contributed by atoms with Crippen LogP contribution in [-0.2, 0) is 11.2 Å². The van der Waals surface area contributed by atoms with Crippen LogP contribution in [0.3, 0.4) is 0 Å². The van der Waals surface area contributed by atoms with Crippen LogP contribution in [0.1, 0.15) is 38.7 Å². The van der Waals surface area contributed by atoms with E-state index in [1.165, 1.54) is 12.1 Å². The summed E-state index contributed by atoms with van der Waals surface area (Å²) in [7, 11) is 0. The van der Waals surface area contributed by atoms with Crippen molar-refractivity contribution in [2.24, 2.45) is 0 Å². The van der Waals surface area contributed by atoms with Gasteiger partial charge < -0.3 is 5.11 Å². The van der Waals surface area contributed by atoms with Crippen molar-refractivity contribution in [3.63, 3.8) is 0 Å². The van der Waals surface area contributed by atoms with Crippen LogP contribution in [0.5, 0.6) is 0 Å². The van der Waals surface area contributed by atoms with Gasteiger partial charge in [0.05, 0.1) is 6.42 Å². The average Bonchev–Trinajstić information content (AvgIpc) is 2.40. The summed E-state index contributed by atoms with van der Waals surface area (Å²) < 4.78 is 12.9. The Labute approximate surface area is 120 Å². The van der Waals surface area contributed by atoms with Crippen molar-refractivity contribution in [1.82, 2.24) is 4.90 Å². The minimum absolute atomic E-state index is 0.0298. The molecule has 1 aromatic rings. The molecule has 112 valence electrons. The van der Waals surface area contributed by atoms with Gasteiger partial charge >= 0.3 is 5.97 Å². The molecule has 0 fully saturated rings. The second-order valence-corrected chi connectivity index (χ2v) is 5.12. The van der Waals surface area contributed by atoms with Crippen LogP contribution in [0.2, 0.25) is 0 Å². The predicted molar refractivity (Wildman–Crippen MR) is 78.3 cm³/mol. The van der Waals surface area contributed by atoms with E-state index in [0.29, 0.717) is 6.42 Å². The van der Waals surface area contributed by atoms with Crippen LogP contribution < -0.4 is 0 Å². The van der Waals surface area contributed by atoms with Crippen LogP contribution >= 0.6 is 0 Å². The van der Waals surface area contributed by atoms with Gasteiger partial charge in [-0.25, -0.2) is 4.39 Å². The zero-order chi connectivity index (χ0) is 15.0. The van der Waals surface area contributed by atoms with Gasteiger partial charge in [0, 0.05) is 6.04 Å². The third-order valence-corrected chi connectivity index (χ3v) is 3.33. The van der Waals surface area contributed by atoms with Crippen molar-refractivity contribution in [1.29, 1.82) is 0 Å². The van der Waals surface area contributed by atoms with Gasteiger partial charge in [-0.1, -0.05) is 26.0 Å². The van der Waals surface area contributed by atoms with Gasteiger partial charge in [-0.2, -0.15) is 0 Å². The minimum atomic E-state index is -0.783. The van der Waals surface area contributed by atoms with Gasteiger partial charge in [-0.05, 0) is 50.0 Å². The Hall–Kier alpha value is -1.42. The Balaban J connectivity index is 2.80. The third-order valence-electron chi connectivity index (χ3n) is 3.33. The number of aliphatic carboxylic acids is 1. The van der Waals surface area contributed by atoms with Gasteiger partial charge in [0.2, 0.25) is 0 Å². The fourth-order valence-corrected chi connectivity index (χ4v) is 2.48. The molecule has 1 atom stereocenters. The highest BCUT2D eigenvalue weighted by molar-refractivity contribution is 5.67. The van der Waals surface area contributed by atoms with Crippen molar-refractivity contribution in [2.45, 2.75) is 45.6 Å². The number of carboxylic acids is 1. The molecule has 1 N–H and O–H groups in total. The average molecular weight is 281 g/mol. The molecule has 0 aliphatic heterocycles. The van der Waals surface area contributed by atoms with E-state index in [-0.39, 0.29) is 18.3 Å². The third kappa shape index (κ3) is 5.70. The lowest BCUT2D eigenvalue weighted by Gasteiger charge is -2.30. The second kappa shape index (κ2) is 8.69. The van der Waals surface area contributed by atoms with Crippen LogP contribution in [0.4, 0.5) is 4.39 Å². The van der Waals surface area contributed by atoms with Gasteiger partial charge in [0.25, 0.3) is 0 Å². The fraction of sp³-hybridized carbons (Fsp3) is 0.562. The summed E-state index contributed by atoms with van der Waals surface area (Å²) in [6.07, 6.45) is 2.77. The van der Waals surface area contributed by atoms with Crippen molar-refractivity contribution in [3.05, 3.63) is 35.6 Å². The Morgan fingerprint density at radius 3 is 2.20 bits per heavy atom. The highest BCUT2D eigenvalue weighted by atomic mass is 19.1. The molecular weight excluding hydrogens is 257 g/mol. The van der Waals surface area contributed by atoms with Crippen LogP contribution in [0.25, 0.3) is 0 Å². The maximum absolute atomic E-state index is 12.9. The summed E-state index contributed by atoms with van der Waals surface area (Å²) in [5, 5.41) is 9.10. The molecule has 0 bridgehead atoms. The largest absolute Gasteiger partial charge is 0.481 e. The lowest BCUT2D eigenvalue weighted by molar-refractivity contribution is -0.138. The second-order valence-electron chi connectivity index (χ2n) is 5.12. The van der Waals surface area contributed by atoms with Crippen molar-refractivity contribution < 1.29 is 14.3 Å². The highest BCUT2D eigenvalue weighted by Gasteiger charge is 2.20. The fourth-order valence-electron chi connectivity index (χ4n) is 2.48. The van der Waals surface area contributed by atoms with Gasteiger partial charge in [0.15, 0.2) is 0 Å². The predicted octanol–water partition coefficient (Wildman–Crippen LogP) is 3.33. The molecule has 0 aliphatic rings. The number of nitrogens with zero attached hydrogens (tertiary/aromatic N) is 1. The molecule has 0 amide bonds. The number of hydrogen-bond donors (Lipinski definition) is 1. The molecule has 0 saturated heterocycles. The number of benzene rings is 1. The van der Waals surface area contributed by atoms with Crippen LogP contribution in [-0.4, -0.2) is 35.1 Å². The topological polar surface area (TPSA) is 40.5 Å². The molecular formula is C16H24FNO2. The summed E-state index contributed by atoms with van der Waals surface area (Å²) in [4.78, 5) is 13.3. The Kier molecular flexibility index (Phi) is 7.23. The number of hydrogen-bond acceptors (Lipinski definition) is 2. The van der Waals surface area contributed by atoms with Gasteiger partial charge in [-0.3, -0.25) is 9.69 Å². The summed E-state index contributed by atoms with van der Waals surface area (Å²) in [6.45, 7) is 5.98. The number of carbonyl (C=O) groups is 1. The molecule has 0 spiro atoms. The summed E-state index contributed by atoms with van der Waals surface area (Å²) >= 11 is 0. The van der Waals surface area contributed by atoms with E-state index in [1.54, 1.807) is 12.1 Å². The van der Waals surface area contributed by atoms with E-state index in [4.69, 9.17) is 5.11 Å². The lowest BCUT2D eigenvalue weighted by atomic mass is 10.0. The number of carboxylic acid groups (broad SMARTS) is 1.